The van der Waals surface area contributed by atoms with E-state index in [1.54, 1.807) is 0 Å². The van der Waals surface area contributed by atoms with E-state index in [1.807, 2.05) is 22.7 Å². The third kappa shape index (κ3) is 2.72. The zero-order valence-corrected chi connectivity index (χ0v) is 14.2. The van der Waals surface area contributed by atoms with Gasteiger partial charge >= 0.3 is 0 Å². The van der Waals surface area contributed by atoms with Crippen LogP contribution in [0.15, 0.2) is 46.3 Å². The number of hydrogen-bond donors (Lipinski definition) is 0. The van der Waals surface area contributed by atoms with E-state index >= 15 is 0 Å². The Labute approximate surface area is 131 Å². The van der Waals surface area contributed by atoms with E-state index in [2.05, 4.69) is 73.6 Å². The number of thiophene rings is 2. The summed E-state index contributed by atoms with van der Waals surface area (Å²) in [5, 5.41) is 2.16. The first-order valence-corrected chi connectivity index (χ1v) is 8.98. The quantitative estimate of drug-likeness (QED) is 0.445. The topological polar surface area (TPSA) is 0 Å². The van der Waals surface area contributed by atoms with Gasteiger partial charge in [-0.05, 0) is 41.6 Å². The van der Waals surface area contributed by atoms with Crippen molar-refractivity contribution >= 4 is 63.9 Å². The summed E-state index contributed by atoms with van der Waals surface area (Å²) in [4.78, 5) is 1.82. The molecule has 92 valence electrons. The number of alkyl halides is 1. The van der Waals surface area contributed by atoms with Crippen LogP contribution in [0.3, 0.4) is 0 Å². The summed E-state index contributed by atoms with van der Waals surface area (Å²) in [6, 6.07) is 13.1. The van der Waals surface area contributed by atoms with E-state index in [9.17, 15) is 0 Å². The molecule has 0 fully saturated rings. The SMILES string of the molecule is Brc1ccc(CC(Br)c2cc3sccc3s2)cc1. The normalized spacial score (nSPS) is 13.0. The molecule has 0 saturated carbocycles. The third-order valence-electron chi connectivity index (χ3n) is 2.80. The molecular formula is C14H10Br2S2. The Morgan fingerprint density at radius 1 is 1.06 bits per heavy atom. The highest BCUT2D eigenvalue weighted by atomic mass is 79.9. The molecule has 3 rings (SSSR count). The highest BCUT2D eigenvalue weighted by Crippen LogP contribution is 2.38. The van der Waals surface area contributed by atoms with E-state index in [4.69, 9.17) is 0 Å². The molecule has 0 spiro atoms. The van der Waals surface area contributed by atoms with E-state index in [1.165, 1.54) is 19.8 Å². The van der Waals surface area contributed by atoms with Gasteiger partial charge in [0.15, 0.2) is 0 Å². The summed E-state index contributed by atoms with van der Waals surface area (Å²) in [6.07, 6.45) is 1.03. The molecule has 0 aliphatic carbocycles. The molecule has 3 aromatic rings. The molecule has 1 unspecified atom stereocenters. The van der Waals surface area contributed by atoms with Gasteiger partial charge in [-0.2, -0.15) is 0 Å². The van der Waals surface area contributed by atoms with Crippen LogP contribution < -0.4 is 0 Å². The summed E-state index contributed by atoms with van der Waals surface area (Å²) >= 11 is 11.0. The van der Waals surface area contributed by atoms with Crippen LogP contribution in [-0.4, -0.2) is 0 Å². The van der Waals surface area contributed by atoms with Gasteiger partial charge < -0.3 is 0 Å². The molecular weight excluding hydrogens is 392 g/mol. The minimum Gasteiger partial charge on any atom is -0.143 e. The maximum Gasteiger partial charge on any atom is 0.0530 e. The number of hydrogen-bond acceptors (Lipinski definition) is 2. The smallest absolute Gasteiger partial charge is 0.0530 e. The van der Waals surface area contributed by atoms with Gasteiger partial charge in [0, 0.05) is 18.7 Å². The van der Waals surface area contributed by atoms with Gasteiger partial charge in [-0.25, -0.2) is 0 Å². The number of rotatable bonds is 3. The van der Waals surface area contributed by atoms with Crippen LogP contribution in [0.25, 0.3) is 9.40 Å². The largest absolute Gasteiger partial charge is 0.143 e. The molecule has 2 aromatic heterocycles. The summed E-state index contributed by atoms with van der Waals surface area (Å²) in [5.74, 6) is 0. The van der Waals surface area contributed by atoms with Gasteiger partial charge in [0.05, 0.1) is 4.83 Å². The Hall–Kier alpha value is -0.160. The van der Waals surface area contributed by atoms with Crippen molar-refractivity contribution in [1.29, 1.82) is 0 Å². The van der Waals surface area contributed by atoms with E-state index in [0.29, 0.717) is 4.83 Å². The lowest BCUT2D eigenvalue weighted by atomic mass is 10.1. The molecule has 1 atom stereocenters. The zero-order valence-electron chi connectivity index (χ0n) is 9.40. The second-order valence-corrected chi connectivity index (χ2v) is 8.18. The van der Waals surface area contributed by atoms with Crippen LogP contribution in [0.4, 0.5) is 0 Å². The molecule has 1 aromatic carbocycles. The van der Waals surface area contributed by atoms with E-state index in [-0.39, 0.29) is 0 Å². The van der Waals surface area contributed by atoms with Crippen LogP contribution in [0, 0.1) is 0 Å². The Morgan fingerprint density at radius 2 is 1.83 bits per heavy atom. The van der Waals surface area contributed by atoms with Crippen molar-refractivity contribution in [3.8, 4) is 0 Å². The maximum absolute atomic E-state index is 3.81. The van der Waals surface area contributed by atoms with Crippen LogP contribution in [0.1, 0.15) is 15.3 Å². The molecule has 18 heavy (non-hydrogen) atoms. The number of benzene rings is 1. The van der Waals surface area contributed by atoms with Gasteiger partial charge in [0.1, 0.15) is 0 Å². The standard InChI is InChI=1S/C14H10Br2S2/c15-10-3-1-9(2-4-10)7-11(16)13-8-14-12(18-13)5-6-17-14/h1-6,8,11H,7H2. The minimum atomic E-state index is 0.406. The fraction of sp³-hybridized carbons (Fsp3) is 0.143. The summed E-state index contributed by atoms with van der Waals surface area (Å²) in [6.45, 7) is 0. The van der Waals surface area contributed by atoms with Gasteiger partial charge in [0.2, 0.25) is 0 Å². The van der Waals surface area contributed by atoms with Crippen molar-refractivity contribution in [2.45, 2.75) is 11.2 Å². The lowest BCUT2D eigenvalue weighted by Gasteiger charge is -2.07. The van der Waals surface area contributed by atoms with Crippen molar-refractivity contribution in [1.82, 2.24) is 0 Å². The molecule has 0 saturated heterocycles. The summed E-state index contributed by atoms with van der Waals surface area (Å²) in [7, 11) is 0. The molecule has 0 aliphatic heterocycles. The first-order valence-electron chi connectivity index (χ1n) is 5.58. The maximum atomic E-state index is 3.81. The molecule has 0 bridgehead atoms. The van der Waals surface area contributed by atoms with Crippen LogP contribution >= 0.6 is 54.5 Å². The average molecular weight is 402 g/mol. The van der Waals surface area contributed by atoms with Crippen molar-refractivity contribution < 1.29 is 0 Å². The van der Waals surface area contributed by atoms with Gasteiger partial charge in [-0.1, -0.05) is 44.0 Å². The molecule has 0 radical (unpaired) electrons. The van der Waals surface area contributed by atoms with Crippen molar-refractivity contribution in [2.24, 2.45) is 0 Å². The molecule has 0 N–H and O–H groups in total. The van der Waals surface area contributed by atoms with Crippen molar-refractivity contribution in [3.05, 3.63) is 56.7 Å². The second-order valence-electron chi connectivity index (χ2n) is 4.10. The van der Waals surface area contributed by atoms with Crippen LogP contribution in [0.2, 0.25) is 0 Å². The second kappa shape index (κ2) is 5.45. The highest BCUT2D eigenvalue weighted by molar-refractivity contribution is 9.10. The zero-order chi connectivity index (χ0) is 12.5. The Balaban J connectivity index is 1.80. The molecule has 4 heteroatoms. The molecule has 0 amide bonds. The predicted molar refractivity (Wildman–Crippen MR) is 89.2 cm³/mol. The molecule has 2 heterocycles. The fourth-order valence-electron chi connectivity index (χ4n) is 1.87. The Morgan fingerprint density at radius 3 is 2.56 bits per heavy atom. The Bertz CT molecular complexity index is 623. The minimum absolute atomic E-state index is 0.406. The monoisotopic (exact) mass is 400 g/mol. The predicted octanol–water partition coefficient (Wildman–Crippen LogP) is 6.40. The third-order valence-corrected chi connectivity index (χ3v) is 6.65. The first-order chi connectivity index (χ1) is 8.72. The summed E-state index contributed by atoms with van der Waals surface area (Å²) in [5.41, 5.74) is 1.36. The lowest BCUT2D eigenvalue weighted by molar-refractivity contribution is 0.970. The van der Waals surface area contributed by atoms with Gasteiger partial charge in [-0.3, -0.25) is 0 Å². The number of halogens is 2. The Kier molecular flexibility index (Phi) is 3.89. The molecule has 0 nitrogen and oxygen atoms in total. The van der Waals surface area contributed by atoms with Gasteiger partial charge in [0.25, 0.3) is 0 Å². The van der Waals surface area contributed by atoms with Crippen LogP contribution in [-0.2, 0) is 6.42 Å². The first kappa shape index (κ1) is 12.9. The van der Waals surface area contributed by atoms with Crippen LogP contribution in [0.5, 0.6) is 0 Å². The molecule has 0 aliphatic rings. The highest BCUT2D eigenvalue weighted by Gasteiger charge is 2.12. The fourth-order valence-corrected chi connectivity index (χ4v) is 5.02. The summed E-state index contributed by atoms with van der Waals surface area (Å²) < 4.78 is 3.93. The van der Waals surface area contributed by atoms with E-state index < -0.39 is 0 Å². The van der Waals surface area contributed by atoms with Gasteiger partial charge in [-0.15, -0.1) is 22.7 Å². The lowest BCUT2D eigenvalue weighted by Crippen LogP contribution is -1.92. The number of fused-ring (bicyclic) bond motifs is 1. The van der Waals surface area contributed by atoms with Crippen molar-refractivity contribution in [2.75, 3.05) is 0 Å². The van der Waals surface area contributed by atoms with E-state index in [0.717, 1.165) is 10.9 Å². The average Bonchev–Trinajstić information content (AvgIpc) is 2.92. The van der Waals surface area contributed by atoms with Crippen molar-refractivity contribution in [3.63, 3.8) is 0 Å².